The van der Waals surface area contributed by atoms with Crippen molar-refractivity contribution in [3.63, 3.8) is 0 Å². The van der Waals surface area contributed by atoms with Gasteiger partial charge in [0, 0.05) is 12.3 Å². The average molecular weight is 385 g/mol. The molecular weight excluding hydrogens is 352 g/mol. The molecule has 27 heavy (non-hydrogen) atoms. The van der Waals surface area contributed by atoms with Crippen LogP contribution in [-0.2, 0) is 0 Å². The van der Waals surface area contributed by atoms with Crippen molar-refractivity contribution in [2.24, 2.45) is 17.8 Å². The van der Waals surface area contributed by atoms with E-state index in [0.717, 1.165) is 50.5 Å². The molecule has 2 fully saturated rings. The minimum absolute atomic E-state index is 0.000605. The number of hydrogen-bond acceptors (Lipinski definition) is 0. The molecular formula is C23H32F4. The van der Waals surface area contributed by atoms with E-state index < -0.39 is 23.5 Å². The van der Waals surface area contributed by atoms with Crippen molar-refractivity contribution in [2.75, 3.05) is 0 Å². The highest BCUT2D eigenvalue weighted by molar-refractivity contribution is 5.22. The van der Waals surface area contributed by atoms with E-state index in [-0.39, 0.29) is 18.3 Å². The smallest absolute Gasteiger partial charge is 0.207 e. The molecule has 3 rings (SSSR count). The molecule has 2 aliphatic rings. The zero-order valence-corrected chi connectivity index (χ0v) is 16.3. The van der Waals surface area contributed by atoms with Gasteiger partial charge in [0.2, 0.25) is 0 Å². The first-order valence-corrected chi connectivity index (χ1v) is 10.7. The Kier molecular flexibility index (Phi) is 6.86. The van der Waals surface area contributed by atoms with Gasteiger partial charge in [0.15, 0.2) is 11.6 Å². The molecule has 0 saturated heterocycles. The zero-order chi connectivity index (χ0) is 19.4. The van der Waals surface area contributed by atoms with Crippen LogP contribution in [0.5, 0.6) is 0 Å². The van der Waals surface area contributed by atoms with Gasteiger partial charge in [-0.1, -0.05) is 25.8 Å². The summed E-state index contributed by atoms with van der Waals surface area (Å²) in [5.41, 5.74) is 0.799. The van der Waals surface area contributed by atoms with Crippen molar-refractivity contribution in [1.29, 1.82) is 0 Å². The van der Waals surface area contributed by atoms with Crippen molar-refractivity contribution >= 4 is 0 Å². The topological polar surface area (TPSA) is 0 Å². The van der Waals surface area contributed by atoms with E-state index in [1.165, 1.54) is 18.6 Å². The monoisotopic (exact) mass is 384 g/mol. The summed E-state index contributed by atoms with van der Waals surface area (Å²) in [5.74, 6) is -3.80. The lowest BCUT2D eigenvalue weighted by Crippen LogP contribution is -2.34. The van der Waals surface area contributed by atoms with Gasteiger partial charge in [-0.15, -0.1) is 0 Å². The Morgan fingerprint density at radius 2 is 1.48 bits per heavy atom. The molecule has 1 aromatic carbocycles. The van der Waals surface area contributed by atoms with Crippen molar-refractivity contribution < 1.29 is 17.6 Å². The van der Waals surface area contributed by atoms with E-state index in [9.17, 15) is 17.6 Å². The molecule has 0 amide bonds. The van der Waals surface area contributed by atoms with E-state index in [4.69, 9.17) is 0 Å². The summed E-state index contributed by atoms with van der Waals surface area (Å²) in [5, 5.41) is 0. The van der Waals surface area contributed by atoms with Gasteiger partial charge >= 0.3 is 0 Å². The third kappa shape index (κ3) is 5.26. The fourth-order valence-corrected chi connectivity index (χ4v) is 5.30. The van der Waals surface area contributed by atoms with Gasteiger partial charge in [-0.2, -0.15) is 0 Å². The second-order valence-corrected chi connectivity index (χ2v) is 8.86. The molecule has 0 aromatic heterocycles. The lowest BCUT2D eigenvalue weighted by Gasteiger charge is -2.37. The van der Waals surface area contributed by atoms with Crippen LogP contribution in [-0.4, -0.2) is 5.92 Å². The molecule has 0 radical (unpaired) electrons. The summed E-state index contributed by atoms with van der Waals surface area (Å²) in [7, 11) is 0. The second-order valence-electron chi connectivity index (χ2n) is 8.86. The Balaban J connectivity index is 1.48. The quantitative estimate of drug-likeness (QED) is 0.438. The Labute approximate surface area is 160 Å². The van der Waals surface area contributed by atoms with Gasteiger partial charge in [0.05, 0.1) is 0 Å². The molecule has 0 unspecified atom stereocenters. The van der Waals surface area contributed by atoms with Crippen LogP contribution >= 0.6 is 0 Å². The summed E-state index contributed by atoms with van der Waals surface area (Å²) in [6.45, 7) is 2.16. The highest BCUT2D eigenvalue weighted by Crippen LogP contribution is 2.46. The number of hydrogen-bond donors (Lipinski definition) is 0. The van der Waals surface area contributed by atoms with Gasteiger partial charge in [0.25, 0.3) is 5.92 Å². The lowest BCUT2D eigenvalue weighted by atomic mass is 9.72. The van der Waals surface area contributed by atoms with Gasteiger partial charge in [-0.05, 0) is 86.8 Å². The summed E-state index contributed by atoms with van der Waals surface area (Å²) >= 11 is 0. The lowest BCUT2D eigenvalue weighted by molar-refractivity contribution is -0.0955. The minimum atomic E-state index is -2.56. The average Bonchev–Trinajstić information content (AvgIpc) is 2.65. The van der Waals surface area contributed by atoms with Crippen molar-refractivity contribution in [2.45, 2.75) is 89.4 Å². The van der Waals surface area contributed by atoms with Crippen molar-refractivity contribution in [1.82, 2.24) is 0 Å². The van der Waals surface area contributed by atoms with Crippen LogP contribution in [0, 0.1) is 29.4 Å². The van der Waals surface area contributed by atoms with Crippen LogP contribution in [0.3, 0.4) is 0 Å². The van der Waals surface area contributed by atoms with Crippen LogP contribution in [0.15, 0.2) is 18.2 Å². The van der Waals surface area contributed by atoms with Crippen LogP contribution in [0.25, 0.3) is 0 Å². The predicted molar refractivity (Wildman–Crippen MR) is 101 cm³/mol. The molecule has 1 aromatic rings. The van der Waals surface area contributed by atoms with Gasteiger partial charge in [-0.25, -0.2) is 17.6 Å². The van der Waals surface area contributed by atoms with Crippen LogP contribution < -0.4 is 0 Å². The Hall–Kier alpha value is -1.06. The first-order chi connectivity index (χ1) is 12.9. The molecule has 0 atom stereocenters. The molecule has 2 aliphatic carbocycles. The van der Waals surface area contributed by atoms with Crippen LogP contribution in [0.2, 0.25) is 0 Å². The molecule has 152 valence electrons. The Bertz CT molecular complexity index is 596. The minimum Gasteiger partial charge on any atom is -0.207 e. The molecule has 0 heterocycles. The summed E-state index contributed by atoms with van der Waals surface area (Å²) < 4.78 is 56.2. The normalized spacial score (nSPS) is 29.7. The highest BCUT2D eigenvalue weighted by atomic mass is 19.3. The molecule has 2 saturated carbocycles. The largest absolute Gasteiger partial charge is 0.251 e. The standard InChI is InChI=1S/C23H32F4/c1-2-3-16-6-11-20(12-7-16)23(26,27)15-17-4-8-18(9-5-17)19-10-13-21(24)22(25)14-19/h10,13-14,16-18,20H,2-9,11-12,15H2,1H3. The third-order valence-electron chi connectivity index (χ3n) is 6.96. The van der Waals surface area contributed by atoms with E-state index in [1.54, 1.807) is 6.07 Å². The van der Waals surface area contributed by atoms with E-state index in [0.29, 0.717) is 18.8 Å². The summed E-state index contributed by atoms with van der Waals surface area (Å²) in [4.78, 5) is 0. The van der Waals surface area contributed by atoms with Crippen molar-refractivity contribution in [3.8, 4) is 0 Å². The maximum Gasteiger partial charge on any atom is 0.251 e. The van der Waals surface area contributed by atoms with Gasteiger partial charge in [0.1, 0.15) is 0 Å². The molecule has 0 nitrogen and oxygen atoms in total. The predicted octanol–water partition coefficient (Wildman–Crippen LogP) is 7.87. The van der Waals surface area contributed by atoms with Crippen molar-refractivity contribution in [3.05, 3.63) is 35.4 Å². The molecule has 0 aliphatic heterocycles. The summed E-state index contributed by atoms with van der Waals surface area (Å²) in [6, 6.07) is 4.07. The zero-order valence-electron chi connectivity index (χ0n) is 16.3. The van der Waals surface area contributed by atoms with E-state index in [1.807, 2.05) is 0 Å². The first-order valence-electron chi connectivity index (χ1n) is 10.7. The maximum absolute atomic E-state index is 14.8. The number of halogens is 4. The number of rotatable bonds is 6. The van der Waals surface area contributed by atoms with Crippen LogP contribution in [0.1, 0.15) is 89.0 Å². The molecule has 0 N–H and O–H groups in total. The molecule has 0 bridgehead atoms. The van der Waals surface area contributed by atoms with Crippen LogP contribution in [0.4, 0.5) is 17.6 Å². The van der Waals surface area contributed by atoms with E-state index >= 15 is 0 Å². The number of benzene rings is 1. The third-order valence-corrected chi connectivity index (χ3v) is 6.96. The Morgan fingerprint density at radius 3 is 2.07 bits per heavy atom. The maximum atomic E-state index is 14.8. The van der Waals surface area contributed by atoms with E-state index in [2.05, 4.69) is 6.92 Å². The first kappa shape index (κ1) is 20.7. The molecule has 4 heteroatoms. The second kappa shape index (κ2) is 8.96. The van der Waals surface area contributed by atoms with Gasteiger partial charge < -0.3 is 0 Å². The number of alkyl halides is 2. The van der Waals surface area contributed by atoms with Gasteiger partial charge in [-0.3, -0.25) is 0 Å². The summed E-state index contributed by atoms with van der Waals surface area (Å²) in [6.07, 6.45) is 8.65. The Morgan fingerprint density at radius 1 is 0.852 bits per heavy atom. The molecule has 0 spiro atoms. The fourth-order valence-electron chi connectivity index (χ4n) is 5.30. The SMILES string of the molecule is CCCC1CCC(C(F)(F)CC2CCC(c3ccc(F)c(F)c3)CC2)CC1. The fraction of sp³-hybridized carbons (Fsp3) is 0.739. The highest BCUT2D eigenvalue weighted by Gasteiger charge is 2.43.